The van der Waals surface area contributed by atoms with Crippen LogP contribution in [0.25, 0.3) is 0 Å². The Kier molecular flexibility index (Phi) is 5.10. The van der Waals surface area contributed by atoms with Gasteiger partial charge in [0.25, 0.3) is 5.91 Å². The van der Waals surface area contributed by atoms with Crippen LogP contribution in [0.1, 0.15) is 28.8 Å². The van der Waals surface area contributed by atoms with E-state index in [9.17, 15) is 4.79 Å². The molecule has 1 saturated heterocycles. The first-order chi connectivity index (χ1) is 9.72. The topological polar surface area (TPSA) is 68.5 Å². The second-order valence-corrected chi connectivity index (χ2v) is 4.73. The number of aromatic nitrogens is 1. The van der Waals surface area contributed by atoms with E-state index in [1.807, 2.05) is 7.05 Å². The first-order valence-electron chi connectivity index (χ1n) is 6.71. The van der Waals surface area contributed by atoms with Crippen LogP contribution in [0.4, 0.5) is 0 Å². The number of pyridine rings is 1. The van der Waals surface area contributed by atoms with Crippen LogP contribution < -0.4 is 5.73 Å². The summed E-state index contributed by atoms with van der Waals surface area (Å²) >= 11 is 0. The fourth-order valence-corrected chi connectivity index (χ4v) is 2.22. The van der Waals surface area contributed by atoms with Crippen molar-refractivity contribution in [1.82, 2.24) is 9.88 Å². The maximum Gasteiger partial charge on any atom is 0.255 e. The van der Waals surface area contributed by atoms with Gasteiger partial charge in [-0.3, -0.25) is 9.78 Å². The van der Waals surface area contributed by atoms with Gasteiger partial charge in [-0.2, -0.15) is 0 Å². The van der Waals surface area contributed by atoms with Crippen LogP contribution in [-0.4, -0.2) is 48.6 Å². The van der Waals surface area contributed by atoms with Crippen LogP contribution in [-0.2, 0) is 4.74 Å². The molecule has 0 bridgehead atoms. The smallest absolute Gasteiger partial charge is 0.255 e. The number of carbonyl (C=O) groups excluding carboxylic acids is 1. The molecule has 2 heterocycles. The molecule has 1 fully saturated rings. The summed E-state index contributed by atoms with van der Waals surface area (Å²) in [5.41, 5.74) is 6.61. The standard InChI is InChI=1S/C15H19N3O2/c1-18(14-4-7-20-8-5-14)15(19)13-9-12(3-2-6-16)10-17-11-13/h9-11,14H,4-8,16H2,1H3. The predicted molar refractivity (Wildman–Crippen MR) is 76.1 cm³/mol. The van der Waals surface area contributed by atoms with Crippen LogP contribution in [0, 0.1) is 11.8 Å². The van der Waals surface area contributed by atoms with Gasteiger partial charge in [0.1, 0.15) is 0 Å². The van der Waals surface area contributed by atoms with Gasteiger partial charge < -0.3 is 15.4 Å². The summed E-state index contributed by atoms with van der Waals surface area (Å²) in [5, 5.41) is 0. The summed E-state index contributed by atoms with van der Waals surface area (Å²) in [7, 11) is 1.83. The van der Waals surface area contributed by atoms with Crippen LogP contribution in [0.3, 0.4) is 0 Å². The van der Waals surface area contributed by atoms with E-state index >= 15 is 0 Å². The average Bonchev–Trinajstić information content (AvgIpc) is 2.52. The van der Waals surface area contributed by atoms with Crippen molar-refractivity contribution in [3.63, 3.8) is 0 Å². The fourth-order valence-electron chi connectivity index (χ4n) is 2.22. The monoisotopic (exact) mass is 273 g/mol. The zero-order valence-electron chi connectivity index (χ0n) is 11.6. The Morgan fingerprint density at radius 1 is 1.50 bits per heavy atom. The number of rotatable bonds is 2. The summed E-state index contributed by atoms with van der Waals surface area (Å²) in [5.74, 6) is 5.62. The van der Waals surface area contributed by atoms with E-state index in [4.69, 9.17) is 10.5 Å². The second kappa shape index (κ2) is 7.04. The third-order valence-corrected chi connectivity index (χ3v) is 3.38. The highest BCUT2D eigenvalue weighted by molar-refractivity contribution is 5.94. The van der Waals surface area contributed by atoms with Crippen molar-refractivity contribution >= 4 is 5.91 Å². The maximum absolute atomic E-state index is 12.4. The van der Waals surface area contributed by atoms with Gasteiger partial charge in [-0.05, 0) is 18.9 Å². The Balaban J connectivity index is 2.11. The van der Waals surface area contributed by atoms with Gasteiger partial charge in [-0.15, -0.1) is 0 Å². The average molecular weight is 273 g/mol. The minimum absolute atomic E-state index is 0.0270. The van der Waals surface area contributed by atoms with Gasteiger partial charge in [-0.1, -0.05) is 11.8 Å². The molecule has 106 valence electrons. The van der Waals surface area contributed by atoms with Crippen molar-refractivity contribution < 1.29 is 9.53 Å². The maximum atomic E-state index is 12.4. The predicted octanol–water partition coefficient (Wildman–Crippen LogP) is 0.643. The van der Waals surface area contributed by atoms with Crippen molar-refractivity contribution in [2.75, 3.05) is 26.8 Å². The van der Waals surface area contributed by atoms with Crippen molar-refractivity contribution in [2.45, 2.75) is 18.9 Å². The molecule has 0 unspecified atom stereocenters. The highest BCUT2D eigenvalue weighted by Gasteiger charge is 2.23. The minimum atomic E-state index is -0.0270. The molecule has 1 aromatic rings. The van der Waals surface area contributed by atoms with Gasteiger partial charge in [0.05, 0.1) is 12.1 Å². The zero-order valence-corrected chi connectivity index (χ0v) is 11.6. The molecular formula is C15H19N3O2. The SMILES string of the molecule is CN(C(=O)c1cncc(C#CCN)c1)C1CCOCC1. The fraction of sp³-hybridized carbons (Fsp3) is 0.467. The third-order valence-electron chi connectivity index (χ3n) is 3.38. The van der Waals surface area contributed by atoms with E-state index in [2.05, 4.69) is 16.8 Å². The summed E-state index contributed by atoms with van der Waals surface area (Å²) in [6, 6.07) is 1.99. The Labute approximate surface area is 119 Å². The molecule has 0 spiro atoms. The Bertz CT molecular complexity index is 527. The van der Waals surface area contributed by atoms with Gasteiger partial charge in [0.15, 0.2) is 0 Å². The van der Waals surface area contributed by atoms with Gasteiger partial charge in [0.2, 0.25) is 0 Å². The van der Waals surface area contributed by atoms with Gasteiger partial charge in [-0.25, -0.2) is 0 Å². The first kappa shape index (κ1) is 14.5. The normalized spacial score (nSPS) is 15.3. The van der Waals surface area contributed by atoms with Crippen LogP contribution >= 0.6 is 0 Å². The van der Waals surface area contributed by atoms with E-state index in [0.29, 0.717) is 30.9 Å². The lowest BCUT2D eigenvalue weighted by Crippen LogP contribution is -2.40. The molecule has 0 atom stereocenters. The largest absolute Gasteiger partial charge is 0.381 e. The van der Waals surface area contributed by atoms with Crippen molar-refractivity contribution in [1.29, 1.82) is 0 Å². The molecule has 5 heteroatoms. The molecule has 5 nitrogen and oxygen atoms in total. The Morgan fingerprint density at radius 3 is 2.95 bits per heavy atom. The lowest BCUT2D eigenvalue weighted by atomic mass is 10.1. The Morgan fingerprint density at radius 2 is 2.25 bits per heavy atom. The Hall–Kier alpha value is -1.90. The number of nitrogens with two attached hydrogens (primary N) is 1. The summed E-state index contributed by atoms with van der Waals surface area (Å²) in [4.78, 5) is 18.3. The van der Waals surface area contributed by atoms with Crippen LogP contribution in [0.2, 0.25) is 0 Å². The van der Waals surface area contributed by atoms with E-state index in [1.165, 1.54) is 0 Å². The molecular weight excluding hydrogens is 254 g/mol. The molecule has 0 radical (unpaired) electrons. The molecule has 0 aromatic carbocycles. The number of ether oxygens (including phenoxy) is 1. The summed E-state index contributed by atoms with van der Waals surface area (Å²) in [6.45, 7) is 1.71. The molecule has 1 aliphatic rings. The number of amides is 1. The number of carbonyl (C=O) groups is 1. The highest BCUT2D eigenvalue weighted by Crippen LogP contribution is 2.15. The number of hydrogen-bond acceptors (Lipinski definition) is 4. The summed E-state index contributed by atoms with van der Waals surface area (Å²) < 4.78 is 5.32. The van der Waals surface area contributed by atoms with Crippen LogP contribution in [0.5, 0.6) is 0 Å². The molecule has 0 saturated carbocycles. The number of hydrogen-bond donors (Lipinski definition) is 1. The molecule has 2 rings (SSSR count). The second-order valence-electron chi connectivity index (χ2n) is 4.73. The molecule has 1 amide bonds. The van der Waals surface area contributed by atoms with Crippen molar-refractivity contribution in [2.24, 2.45) is 5.73 Å². The first-order valence-corrected chi connectivity index (χ1v) is 6.71. The van der Waals surface area contributed by atoms with E-state index < -0.39 is 0 Å². The molecule has 2 N–H and O–H groups in total. The lowest BCUT2D eigenvalue weighted by Gasteiger charge is -2.31. The van der Waals surface area contributed by atoms with Crippen molar-refractivity contribution in [3.8, 4) is 11.8 Å². The van der Waals surface area contributed by atoms with Gasteiger partial charge in [0, 0.05) is 44.3 Å². The van der Waals surface area contributed by atoms with Gasteiger partial charge >= 0.3 is 0 Å². The van der Waals surface area contributed by atoms with E-state index in [1.54, 1.807) is 23.4 Å². The van der Waals surface area contributed by atoms with E-state index in [-0.39, 0.29) is 11.9 Å². The van der Waals surface area contributed by atoms with Crippen molar-refractivity contribution in [3.05, 3.63) is 29.6 Å². The minimum Gasteiger partial charge on any atom is -0.381 e. The summed E-state index contributed by atoms with van der Waals surface area (Å²) in [6.07, 6.45) is 4.96. The highest BCUT2D eigenvalue weighted by atomic mass is 16.5. The molecule has 0 aliphatic carbocycles. The molecule has 1 aromatic heterocycles. The molecule has 20 heavy (non-hydrogen) atoms. The molecule has 1 aliphatic heterocycles. The third kappa shape index (κ3) is 3.56. The van der Waals surface area contributed by atoms with E-state index in [0.717, 1.165) is 12.8 Å². The zero-order chi connectivity index (χ0) is 14.4. The quantitative estimate of drug-likeness (QED) is 0.803. The lowest BCUT2D eigenvalue weighted by molar-refractivity contribution is 0.0362. The van der Waals surface area contributed by atoms with Crippen LogP contribution in [0.15, 0.2) is 18.5 Å². The number of nitrogens with zero attached hydrogens (tertiary/aromatic N) is 2.